The van der Waals surface area contributed by atoms with Crippen LogP contribution in [0.3, 0.4) is 0 Å². The zero-order valence-electron chi connectivity index (χ0n) is 8.36. The summed E-state index contributed by atoms with van der Waals surface area (Å²) >= 11 is 11.7. The van der Waals surface area contributed by atoms with Gasteiger partial charge in [0, 0.05) is 6.20 Å². The molecule has 0 atom stereocenters. The summed E-state index contributed by atoms with van der Waals surface area (Å²) in [5.41, 5.74) is 0.971. The van der Waals surface area contributed by atoms with Gasteiger partial charge in [0.1, 0.15) is 12.4 Å². The summed E-state index contributed by atoms with van der Waals surface area (Å²) in [6.07, 6.45) is 3.36. The number of ether oxygens (including phenoxy) is 1. The first kappa shape index (κ1) is 11.2. The Labute approximate surface area is 104 Å². The Morgan fingerprint density at radius 2 is 2.00 bits per heavy atom. The molecule has 0 aliphatic heterocycles. The van der Waals surface area contributed by atoms with Crippen LogP contribution in [-0.4, -0.2) is 4.98 Å². The van der Waals surface area contributed by atoms with Gasteiger partial charge >= 0.3 is 0 Å². The van der Waals surface area contributed by atoms with Crippen LogP contribution in [0.2, 0.25) is 10.0 Å². The van der Waals surface area contributed by atoms with Crippen molar-refractivity contribution < 1.29 is 4.74 Å². The minimum atomic E-state index is 0.447. The van der Waals surface area contributed by atoms with Crippen molar-refractivity contribution in [3.63, 3.8) is 0 Å². The number of benzene rings is 1. The van der Waals surface area contributed by atoms with Crippen molar-refractivity contribution in [1.29, 1.82) is 0 Å². The lowest BCUT2D eigenvalue weighted by atomic mass is 10.2. The van der Waals surface area contributed by atoms with Gasteiger partial charge in [-0.05, 0) is 29.8 Å². The van der Waals surface area contributed by atoms with E-state index >= 15 is 0 Å². The smallest absolute Gasteiger partial charge is 0.138 e. The molecule has 1 heterocycles. The minimum absolute atomic E-state index is 0.447. The number of aromatic nitrogens is 1. The summed E-state index contributed by atoms with van der Waals surface area (Å²) < 4.78 is 5.52. The molecule has 0 fully saturated rings. The van der Waals surface area contributed by atoms with Crippen LogP contribution in [0.5, 0.6) is 5.75 Å². The van der Waals surface area contributed by atoms with Gasteiger partial charge in [-0.25, -0.2) is 0 Å². The summed E-state index contributed by atoms with van der Waals surface area (Å²) in [6, 6.07) is 9.10. The Kier molecular flexibility index (Phi) is 3.65. The van der Waals surface area contributed by atoms with Crippen LogP contribution in [0.25, 0.3) is 0 Å². The van der Waals surface area contributed by atoms with E-state index in [1.165, 1.54) is 0 Å². The molecule has 0 amide bonds. The SMILES string of the molecule is Clc1ccc(COc2cccnc2)cc1Cl. The number of rotatable bonds is 3. The molecule has 0 saturated carbocycles. The monoisotopic (exact) mass is 253 g/mol. The maximum atomic E-state index is 5.90. The third-order valence-electron chi connectivity index (χ3n) is 2.02. The number of hydrogen-bond donors (Lipinski definition) is 0. The Balaban J connectivity index is 2.03. The van der Waals surface area contributed by atoms with Gasteiger partial charge in [-0.2, -0.15) is 0 Å². The quantitative estimate of drug-likeness (QED) is 0.826. The highest BCUT2D eigenvalue weighted by Gasteiger charge is 2.00. The molecule has 0 unspecified atom stereocenters. The third-order valence-corrected chi connectivity index (χ3v) is 2.76. The number of hydrogen-bond acceptors (Lipinski definition) is 2. The van der Waals surface area contributed by atoms with Crippen molar-refractivity contribution in [2.75, 3.05) is 0 Å². The highest BCUT2D eigenvalue weighted by Crippen LogP contribution is 2.23. The van der Waals surface area contributed by atoms with Crippen LogP contribution in [0.4, 0.5) is 0 Å². The Morgan fingerprint density at radius 1 is 1.12 bits per heavy atom. The lowest BCUT2D eigenvalue weighted by molar-refractivity contribution is 0.305. The minimum Gasteiger partial charge on any atom is -0.487 e. The zero-order chi connectivity index (χ0) is 11.4. The average molecular weight is 254 g/mol. The van der Waals surface area contributed by atoms with Crippen molar-refractivity contribution in [3.8, 4) is 5.75 Å². The van der Waals surface area contributed by atoms with E-state index in [4.69, 9.17) is 27.9 Å². The van der Waals surface area contributed by atoms with E-state index in [-0.39, 0.29) is 0 Å². The van der Waals surface area contributed by atoms with Crippen LogP contribution in [-0.2, 0) is 6.61 Å². The highest BCUT2D eigenvalue weighted by atomic mass is 35.5. The van der Waals surface area contributed by atoms with Gasteiger partial charge < -0.3 is 4.74 Å². The Bertz CT molecular complexity index is 474. The molecule has 4 heteroatoms. The molecule has 16 heavy (non-hydrogen) atoms. The van der Waals surface area contributed by atoms with Gasteiger partial charge in [-0.15, -0.1) is 0 Å². The third kappa shape index (κ3) is 2.87. The summed E-state index contributed by atoms with van der Waals surface area (Å²) in [5, 5.41) is 1.08. The summed E-state index contributed by atoms with van der Waals surface area (Å²) in [6.45, 7) is 0.447. The fourth-order valence-electron chi connectivity index (χ4n) is 1.23. The van der Waals surface area contributed by atoms with Gasteiger partial charge in [0.15, 0.2) is 0 Å². The largest absolute Gasteiger partial charge is 0.487 e. The molecule has 2 nitrogen and oxygen atoms in total. The average Bonchev–Trinajstić information content (AvgIpc) is 2.32. The topological polar surface area (TPSA) is 22.1 Å². The van der Waals surface area contributed by atoms with E-state index in [1.807, 2.05) is 18.2 Å². The molecule has 0 N–H and O–H groups in total. The number of nitrogens with zero attached hydrogens (tertiary/aromatic N) is 1. The standard InChI is InChI=1S/C12H9Cl2NO/c13-11-4-3-9(6-12(11)14)8-16-10-2-1-5-15-7-10/h1-7H,8H2. The van der Waals surface area contributed by atoms with E-state index in [1.54, 1.807) is 24.5 Å². The van der Waals surface area contributed by atoms with Crippen molar-refractivity contribution >= 4 is 23.2 Å². The van der Waals surface area contributed by atoms with Gasteiger partial charge in [0.2, 0.25) is 0 Å². The molecule has 0 saturated heterocycles. The lowest BCUT2D eigenvalue weighted by Gasteiger charge is -2.06. The second kappa shape index (κ2) is 5.19. The first-order valence-corrected chi connectivity index (χ1v) is 5.48. The van der Waals surface area contributed by atoms with E-state index in [9.17, 15) is 0 Å². The summed E-state index contributed by atoms with van der Waals surface area (Å²) in [5.74, 6) is 0.730. The predicted molar refractivity (Wildman–Crippen MR) is 65.0 cm³/mol. The van der Waals surface area contributed by atoms with Crippen molar-refractivity contribution in [2.45, 2.75) is 6.61 Å². The second-order valence-electron chi connectivity index (χ2n) is 3.23. The van der Waals surface area contributed by atoms with E-state index in [0.29, 0.717) is 16.7 Å². The Hall–Kier alpha value is -1.25. The van der Waals surface area contributed by atoms with Gasteiger partial charge in [-0.1, -0.05) is 29.3 Å². The van der Waals surface area contributed by atoms with Gasteiger partial charge in [-0.3, -0.25) is 4.98 Å². The maximum Gasteiger partial charge on any atom is 0.138 e. The molecule has 2 aromatic rings. The normalized spacial score (nSPS) is 10.1. The van der Waals surface area contributed by atoms with E-state index < -0.39 is 0 Å². The van der Waals surface area contributed by atoms with Crippen LogP contribution in [0, 0.1) is 0 Å². The molecule has 82 valence electrons. The second-order valence-corrected chi connectivity index (χ2v) is 4.04. The molecule has 0 aliphatic rings. The van der Waals surface area contributed by atoms with Crippen molar-refractivity contribution in [1.82, 2.24) is 4.98 Å². The molecule has 0 aliphatic carbocycles. The highest BCUT2D eigenvalue weighted by molar-refractivity contribution is 6.42. The molecule has 1 aromatic heterocycles. The first-order valence-electron chi connectivity index (χ1n) is 4.72. The Morgan fingerprint density at radius 3 is 2.69 bits per heavy atom. The number of pyridine rings is 1. The molecule has 2 rings (SSSR count). The first-order chi connectivity index (χ1) is 7.75. The molecule has 0 radical (unpaired) electrons. The van der Waals surface area contributed by atoms with Crippen LogP contribution in [0.1, 0.15) is 5.56 Å². The van der Waals surface area contributed by atoms with Crippen LogP contribution < -0.4 is 4.74 Å². The van der Waals surface area contributed by atoms with Gasteiger partial charge in [0.05, 0.1) is 16.2 Å². The van der Waals surface area contributed by atoms with E-state index in [0.717, 1.165) is 11.3 Å². The predicted octanol–water partition coefficient (Wildman–Crippen LogP) is 3.97. The van der Waals surface area contributed by atoms with Crippen molar-refractivity contribution in [3.05, 3.63) is 58.3 Å². The van der Waals surface area contributed by atoms with Gasteiger partial charge in [0.25, 0.3) is 0 Å². The molecule has 1 aromatic carbocycles. The lowest BCUT2D eigenvalue weighted by Crippen LogP contribution is -1.95. The number of halogens is 2. The zero-order valence-corrected chi connectivity index (χ0v) is 9.87. The van der Waals surface area contributed by atoms with Crippen LogP contribution >= 0.6 is 23.2 Å². The molecular formula is C12H9Cl2NO. The van der Waals surface area contributed by atoms with E-state index in [2.05, 4.69) is 4.98 Å². The summed E-state index contributed by atoms with van der Waals surface area (Å²) in [7, 11) is 0. The fourth-order valence-corrected chi connectivity index (χ4v) is 1.55. The summed E-state index contributed by atoms with van der Waals surface area (Å²) in [4.78, 5) is 3.96. The molecule has 0 bridgehead atoms. The molecular weight excluding hydrogens is 245 g/mol. The van der Waals surface area contributed by atoms with Crippen molar-refractivity contribution in [2.24, 2.45) is 0 Å². The maximum absolute atomic E-state index is 5.90. The molecule has 0 spiro atoms. The fraction of sp³-hybridized carbons (Fsp3) is 0.0833. The van der Waals surface area contributed by atoms with Crippen LogP contribution in [0.15, 0.2) is 42.7 Å².